The van der Waals surface area contributed by atoms with Gasteiger partial charge < -0.3 is 5.11 Å². The summed E-state index contributed by atoms with van der Waals surface area (Å²) in [6.45, 7) is 0. The second-order valence-corrected chi connectivity index (χ2v) is 4.66. The van der Waals surface area contributed by atoms with Gasteiger partial charge in [-0.15, -0.1) is 0 Å². The maximum atomic E-state index is 10.2. The van der Waals surface area contributed by atoms with Crippen LogP contribution in [0.1, 0.15) is 11.1 Å². The lowest BCUT2D eigenvalue weighted by atomic mass is 10.2. The van der Waals surface area contributed by atoms with Gasteiger partial charge in [-0.25, -0.2) is 9.97 Å². The van der Waals surface area contributed by atoms with Gasteiger partial charge in [0.15, 0.2) is 0 Å². The first-order valence-corrected chi connectivity index (χ1v) is 6.56. The minimum Gasteiger partial charge on any atom is -0.481 e. The highest BCUT2D eigenvalue weighted by Gasteiger charge is 1.99. The summed E-state index contributed by atoms with van der Waals surface area (Å²) in [4.78, 5) is 17.7. The first-order valence-electron chi connectivity index (χ1n) is 5.81. The third-order valence-electron chi connectivity index (χ3n) is 2.22. The van der Waals surface area contributed by atoms with Crippen molar-refractivity contribution in [2.24, 2.45) is 0 Å². The average molecular weight is 344 g/mol. The highest BCUT2D eigenvalue weighted by atomic mass is 35.5. The third-order valence-corrected chi connectivity index (χ3v) is 2.66. The maximum absolute atomic E-state index is 10.2. The standard InChI is InChI=1S/C7H5ClN2.C7H6ClNO2.FH/c8-7-2-1-6(3-4-9)5-10-7;8-6-2-1-5(4-9-6)3-7(10)11;/h1-2,5H,3H2;1-2,4H,3H2,(H,10,11);1H. The molecule has 8 heteroatoms. The molecular formula is C14H12Cl2FN3O2. The molecule has 0 unspecified atom stereocenters. The first-order chi connectivity index (χ1) is 10.0. The molecule has 0 aliphatic carbocycles. The van der Waals surface area contributed by atoms with E-state index in [9.17, 15) is 4.79 Å². The molecule has 0 atom stereocenters. The van der Waals surface area contributed by atoms with Gasteiger partial charge in [-0.05, 0) is 23.3 Å². The van der Waals surface area contributed by atoms with Crippen molar-refractivity contribution in [2.45, 2.75) is 12.8 Å². The Hall–Kier alpha value is -2.23. The number of nitriles is 1. The van der Waals surface area contributed by atoms with E-state index in [2.05, 4.69) is 9.97 Å². The van der Waals surface area contributed by atoms with E-state index in [-0.39, 0.29) is 11.1 Å². The Morgan fingerprint density at radius 3 is 1.95 bits per heavy atom. The van der Waals surface area contributed by atoms with Crippen LogP contribution in [0.2, 0.25) is 10.3 Å². The van der Waals surface area contributed by atoms with Gasteiger partial charge in [-0.2, -0.15) is 5.26 Å². The number of pyridine rings is 2. The van der Waals surface area contributed by atoms with Crippen LogP contribution in [0.25, 0.3) is 0 Å². The molecule has 0 fully saturated rings. The van der Waals surface area contributed by atoms with E-state index >= 15 is 0 Å². The maximum Gasteiger partial charge on any atom is 0.307 e. The predicted molar refractivity (Wildman–Crippen MR) is 81.7 cm³/mol. The number of rotatable bonds is 3. The summed E-state index contributed by atoms with van der Waals surface area (Å²) < 4.78 is 0. The van der Waals surface area contributed by atoms with Crippen LogP contribution in [0.4, 0.5) is 4.70 Å². The Labute approximate surface area is 136 Å². The van der Waals surface area contributed by atoms with Crippen LogP contribution in [0, 0.1) is 11.3 Å². The highest BCUT2D eigenvalue weighted by Crippen LogP contribution is 2.05. The van der Waals surface area contributed by atoms with Gasteiger partial charge in [-0.3, -0.25) is 9.50 Å². The summed E-state index contributed by atoms with van der Waals surface area (Å²) >= 11 is 11.0. The predicted octanol–water partition coefficient (Wildman–Crippen LogP) is 3.32. The normalized spacial score (nSPS) is 8.77. The van der Waals surface area contributed by atoms with Crippen molar-refractivity contribution in [1.82, 2.24) is 9.97 Å². The first kappa shape index (κ1) is 19.8. The minimum atomic E-state index is -0.867. The molecule has 0 radical (unpaired) electrons. The number of carbonyl (C=O) groups is 1. The fraction of sp³-hybridized carbons (Fsp3) is 0.143. The summed E-state index contributed by atoms with van der Waals surface area (Å²) in [7, 11) is 0. The quantitative estimate of drug-likeness (QED) is 0.863. The molecule has 2 heterocycles. The van der Waals surface area contributed by atoms with Crippen LogP contribution in [0.15, 0.2) is 36.7 Å². The molecule has 5 nitrogen and oxygen atoms in total. The number of carboxylic acid groups (broad SMARTS) is 1. The number of aromatic nitrogens is 2. The molecule has 0 aliphatic heterocycles. The van der Waals surface area contributed by atoms with Gasteiger partial charge in [0.25, 0.3) is 0 Å². The van der Waals surface area contributed by atoms with Crippen molar-refractivity contribution < 1.29 is 14.6 Å². The Balaban J connectivity index is 0.000000385. The van der Waals surface area contributed by atoms with Crippen LogP contribution in [-0.4, -0.2) is 21.0 Å². The molecule has 116 valence electrons. The van der Waals surface area contributed by atoms with Crippen LogP contribution in [0.5, 0.6) is 0 Å². The Morgan fingerprint density at radius 1 is 1.09 bits per heavy atom. The molecule has 1 N–H and O–H groups in total. The summed E-state index contributed by atoms with van der Waals surface area (Å²) in [5.41, 5.74) is 1.55. The number of carboxylic acids is 1. The molecule has 0 bridgehead atoms. The van der Waals surface area contributed by atoms with E-state index in [1.165, 1.54) is 6.20 Å². The van der Waals surface area contributed by atoms with Crippen molar-refractivity contribution >= 4 is 29.2 Å². The smallest absolute Gasteiger partial charge is 0.307 e. The number of halogens is 3. The lowest BCUT2D eigenvalue weighted by Crippen LogP contribution is -1.99. The Kier molecular flexibility index (Phi) is 9.43. The molecule has 2 aromatic heterocycles. The lowest BCUT2D eigenvalue weighted by molar-refractivity contribution is -0.136. The SMILES string of the molecule is F.N#CCc1ccc(Cl)nc1.O=C(O)Cc1ccc(Cl)nc1. The monoisotopic (exact) mass is 343 g/mol. The van der Waals surface area contributed by atoms with Gasteiger partial charge in [0.1, 0.15) is 10.3 Å². The minimum absolute atomic E-state index is 0. The van der Waals surface area contributed by atoms with E-state index in [4.69, 9.17) is 33.6 Å². The number of hydrogen-bond donors (Lipinski definition) is 1. The van der Waals surface area contributed by atoms with E-state index in [1.54, 1.807) is 30.5 Å². The van der Waals surface area contributed by atoms with Crippen molar-refractivity contribution in [3.05, 3.63) is 58.1 Å². The molecule has 2 rings (SSSR count). The summed E-state index contributed by atoms with van der Waals surface area (Å²) in [5, 5.41) is 17.5. The molecule has 0 saturated carbocycles. The van der Waals surface area contributed by atoms with E-state index in [1.807, 2.05) is 6.07 Å². The van der Waals surface area contributed by atoms with Crippen molar-refractivity contribution in [2.75, 3.05) is 0 Å². The summed E-state index contributed by atoms with van der Waals surface area (Å²) in [6, 6.07) is 8.70. The largest absolute Gasteiger partial charge is 0.481 e. The second-order valence-electron chi connectivity index (χ2n) is 3.88. The number of hydrogen-bond acceptors (Lipinski definition) is 4. The molecule has 0 saturated heterocycles. The molecule has 0 spiro atoms. The summed E-state index contributed by atoms with van der Waals surface area (Å²) in [6.07, 6.45) is 3.44. The topological polar surface area (TPSA) is 86.9 Å². The van der Waals surface area contributed by atoms with Crippen molar-refractivity contribution in [3.8, 4) is 6.07 Å². The number of nitrogens with zero attached hydrogens (tertiary/aromatic N) is 3. The fourth-order valence-electron chi connectivity index (χ4n) is 1.29. The van der Waals surface area contributed by atoms with Gasteiger partial charge >= 0.3 is 5.97 Å². The van der Waals surface area contributed by atoms with Gasteiger partial charge in [0, 0.05) is 12.4 Å². The lowest BCUT2D eigenvalue weighted by Gasteiger charge is -1.94. The fourth-order valence-corrected chi connectivity index (χ4v) is 1.51. The highest BCUT2D eigenvalue weighted by molar-refractivity contribution is 6.29. The van der Waals surface area contributed by atoms with E-state index < -0.39 is 5.97 Å². The molecule has 2 aromatic rings. The Morgan fingerprint density at radius 2 is 1.59 bits per heavy atom. The van der Waals surface area contributed by atoms with Crippen molar-refractivity contribution in [3.63, 3.8) is 0 Å². The molecule has 0 aromatic carbocycles. The van der Waals surface area contributed by atoms with Crippen LogP contribution < -0.4 is 0 Å². The zero-order chi connectivity index (χ0) is 15.7. The van der Waals surface area contributed by atoms with Gasteiger partial charge in [-0.1, -0.05) is 35.3 Å². The van der Waals surface area contributed by atoms with Gasteiger partial charge in [0.2, 0.25) is 0 Å². The summed E-state index contributed by atoms with van der Waals surface area (Å²) in [5.74, 6) is -0.867. The van der Waals surface area contributed by atoms with Crippen LogP contribution in [-0.2, 0) is 17.6 Å². The molecule has 22 heavy (non-hydrogen) atoms. The van der Waals surface area contributed by atoms with Crippen molar-refractivity contribution in [1.29, 1.82) is 5.26 Å². The van der Waals surface area contributed by atoms with E-state index in [0.29, 0.717) is 22.3 Å². The number of aliphatic carboxylic acids is 1. The molecular weight excluding hydrogens is 332 g/mol. The van der Waals surface area contributed by atoms with Crippen LogP contribution in [0.3, 0.4) is 0 Å². The zero-order valence-electron chi connectivity index (χ0n) is 11.2. The van der Waals surface area contributed by atoms with Gasteiger partial charge in [0.05, 0.1) is 18.9 Å². The van der Waals surface area contributed by atoms with E-state index in [0.717, 1.165) is 5.56 Å². The average Bonchev–Trinajstić information content (AvgIpc) is 2.44. The molecule has 0 amide bonds. The van der Waals surface area contributed by atoms with Crippen LogP contribution >= 0.6 is 23.2 Å². The zero-order valence-corrected chi connectivity index (χ0v) is 12.8. The molecule has 0 aliphatic rings. The second kappa shape index (κ2) is 10.5. The third kappa shape index (κ3) is 8.15. The Bertz CT molecular complexity index is 628.